The predicted molar refractivity (Wildman–Crippen MR) is 73.3 cm³/mol. The Morgan fingerprint density at radius 3 is 2.60 bits per heavy atom. The Labute approximate surface area is 122 Å². The number of aromatic nitrogens is 1. The number of halogens is 3. The van der Waals surface area contributed by atoms with Crippen LogP contribution in [0.15, 0.2) is 29.3 Å². The van der Waals surface area contributed by atoms with Crippen molar-refractivity contribution in [3.05, 3.63) is 46.0 Å². The number of aliphatic hydroxyl groups excluding tert-OH is 1. The summed E-state index contributed by atoms with van der Waals surface area (Å²) in [5.41, 5.74) is -0.304. The zero-order valence-electron chi connectivity index (χ0n) is 9.90. The van der Waals surface area contributed by atoms with E-state index in [1.54, 1.807) is 6.07 Å². The molecule has 0 aliphatic rings. The summed E-state index contributed by atoms with van der Waals surface area (Å²) in [4.78, 5) is 3.98. The lowest BCUT2D eigenvalue weighted by atomic mass is 10.1. The smallest absolute Gasteiger partial charge is 0.138 e. The van der Waals surface area contributed by atoms with Gasteiger partial charge in [-0.3, -0.25) is 0 Å². The Hall–Kier alpha value is -1.97. The number of aliphatic hydroxyl groups is 1. The van der Waals surface area contributed by atoms with Crippen molar-refractivity contribution in [1.82, 2.24) is 4.98 Å². The summed E-state index contributed by atoms with van der Waals surface area (Å²) in [6.45, 7) is 0. The minimum atomic E-state index is -0.745. The van der Waals surface area contributed by atoms with Gasteiger partial charge in [0, 0.05) is 5.38 Å². The van der Waals surface area contributed by atoms with Gasteiger partial charge in [-0.05, 0) is 12.1 Å². The average molecular weight is 313 g/mol. The molecule has 0 amide bonds. The van der Waals surface area contributed by atoms with Crippen LogP contribution in [0.4, 0.5) is 8.78 Å². The summed E-state index contributed by atoms with van der Waals surface area (Å²) in [7, 11) is 0. The van der Waals surface area contributed by atoms with Gasteiger partial charge in [0.1, 0.15) is 34.0 Å². The molecule has 2 aromatic rings. The van der Waals surface area contributed by atoms with Crippen LogP contribution in [0.3, 0.4) is 0 Å². The first kappa shape index (κ1) is 14.4. The van der Waals surface area contributed by atoms with Crippen LogP contribution >= 0.6 is 22.9 Å². The van der Waals surface area contributed by atoms with Crippen LogP contribution in [0.2, 0.25) is 0 Å². The molecule has 0 saturated heterocycles. The summed E-state index contributed by atoms with van der Waals surface area (Å²) >= 11 is 6.44. The molecule has 20 heavy (non-hydrogen) atoms. The zero-order chi connectivity index (χ0) is 14.7. The second-order valence-corrected chi connectivity index (χ2v) is 4.83. The fourth-order valence-corrected chi connectivity index (χ4v) is 2.51. The monoisotopic (exact) mass is 312 g/mol. The molecule has 0 radical (unpaired) electrons. The fourth-order valence-electron chi connectivity index (χ4n) is 1.55. The number of benzene rings is 1. The van der Waals surface area contributed by atoms with Gasteiger partial charge < -0.3 is 5.11 Å². The fraction of sp³-hybridized carbons (Fsp3) is 0.0769. The number of nitriles is 1. The van der Waals surface area contributed by atoms with Gasteiger partial charge >= 0.3 is 0 Å². The van der Waals surface area contributed by atoms with Crippen molar-refractivity contribution >= 4 is 28.5 Å². The highest BCUT2D eigenvalue weighted by Crippen LogP contribution is 2.30. The molecule has 0 spiro atoms. The summed E-state index contributed by atoms with van der Waals surface area (Å²) in [5, 5.41) is 20.0. The maximum Gasteiger partial charge on any atom is 0.138 e. The number of allylic oxidation sites excluding steroid dienone is 2. The quantitative estimate of drug-likeness (QED) is 0.527. The highest BCUT2D eigenvalue weighted by atomic mass is 35.5. The van der Waals surface area contributed by atoms with Gasteiger partial charge in [-0.2, -0.15) is 5.26 Å². The van der Waals surface area contributed by atoms with E-state index in [0.29, 0.717) is 0 Å². The first-order valence-corrected chi connectivity index (χ1v) is 6.78. The van der Waals surface area contributed by atoms with Crippen molar-refractivity contribution in [2.45, 2.75) is 0 Å². The van der Waals surface area contributed by atoms with E-state index in [1.807, 2.05) is 0 Å². The number of hydrogen-bond acceptors (Lipinski definition) is 4. The van der Waals surface area contributed by atoms with E-state index in [-0.39, 0.29) is 33.5 Å². The van der Waals surface area contributed by atoms with Crippen molar-refractivity contribution < 1.29 is 13.9 Å². The van der Waals surface area contributed by atoms with E-state index in [9.17, 15) is 13.9 Å². The largest absolute Gasteiger partial charge is 0.510 e. The molecule has 0 aliphatic carbocycles. The third kappa shape index (κ3) is 2.64. The normalized spacial score (nSPS) is 11.9. The zero-order valence-corrected chi connectivity index (χ0v) is 11.5. The van der Waals surface area contributed by atoms with Gasteiger partial charge in [-0.1, -0.05) is 6.07 Å². The van der Waals surface area contributed by atoms with Crippen LogP contribution in [-0.4, -0.2) is 16.0 Å². The Morgan fingerprint density at radius 1 is 1.40 bits per heavy atom. The molecule has 3 nitrogen and oxygen atoms in total. The Kier molecular flexibility index (Phi) is 4.32. The van der Waals surface area contributed by atoms with Gasteiger partial charge in [0.15, 0.2) is 0 Å². The summed E-state index contributed by atoms with van der Waals surface area (Å²) in [6.07, 6.45) is 0. The Balaban J connectivity index is 2.53. The number of alkyl halides is 1. The highest BCUT2D eigenvalue weighted by Gasteiger charge is 2.17. The van der Waals surface area contributed by atoms with Gasteiger partial charge in [-0.25, -0.2) is 13.8 Å². The molecule has 7 heteroatoms. The molecule has 0 atom stereocenters. The van der Waals surface area contributed by atoms with Crippen molar-refractivity contribution in [3.63, 3.8) is 0 Å². The minimum Gasteiger partial charge on any atom is -0.510 e. The molecule has 0 bridgehead atoms. The number of nitrogens with zero attached hydrogens (tertiary/aromatic N) is 2. The Bertz CT molecular complexity index is 701. The van der Waals surface area contributed by atoms with Gasteiger partial charge in [0.2, 0.25) is 0 Å². The van der Waals surface area contributed by atoms with Gasteiger partial charge in [-0.15, -0.1) is 22.9 Å². The first-order valence-electron chi connectivity index (χ1n) is 5.37. The van der Waals surface area contributed by atoms with Crippen molar-refractivity contribution in [2.75, 3.05) is 5.88 Å². The minimum absolute atomic E-state index is 0.0655. The molecule has 0 unspecified atom stereocenters. The lowest BCUT2D eigenvalue weighted by Gasteiger charge is -2.00. The van der Waals surface area contributed by atoms with Crippen LogP contribution in [0.25, 0.3) is 16.8 Å². The number of hydrogen-bond donors (Lipinski definition) is 1. The first-order chi connectivity index (χ1) is 9.58. The van der Waals surface area contributed by atoms with E-state index in [1.165, 1.54) is 11.4 Å². The lowest BCUT2D eigenvalue weighted by molar-refractivity contribution is 0.420. The topological polar surface area (TPSA) is 56.9 Å². The van der Waals surface area contributed by atoms with E-state index >= 15 is 0 Å². The van der Waals surface area contributed by atoms with Crippen LogP contribution in [-0.2, 0) is 0 Å². The van der Waals surface area contributed by atoms with E-state index in [4.69, 9.17) is 16.9 Å². The van der Waals surface area contributed by atoms with Crippen molar-refractivity contribution in [2.24, 2.45) is 0 Å². The van der Waals surface area contributed by atoms with Crippen molar-refractivity contribution in [3.8, 4) is 17.3 Å². The predicted octanol–water partition coefficient (Wildman–Crippen LogP) is 4.12. The third-order valence-electron chi connectivity index (χ3n) is 2.46. The molecular weight excluding hydrogens is 306 g/mol. The Morgan fingerprint density at radius 2 is 2.05 bits per heavy atom. The van der Waals surface area contributed by atoms with Crippen molar-refractivity contribution in [1.29, 1.82) is 5.26 Å². The van der Waals surface area contributed by atoms with E-state index < -0.39 is 11.6 Å². The molecule has 0 fully saturated rings. The van der Waals surface area contributed by atoms with Crippen LogP contribution in [0.5, 0.6) is 0 Å². The molecule has 0 saturated carbocycles. The van der Waals surface area contributed by atoms with Crippen LogP contribution in [0.1, 0.15) is 5.01 Å². The van der Waals surface area contributed by atoms with Gasteiger partial charge in [0.05, 0.1) is 17.1 Å². The highest BCUT2D eigenvalue weighted by molar-refractivity contribution is 7.11. The SMILES string of the molecule is N#CC(=C(O)CCl)c1nc(-c2c(F)cccc2F)cs1. The summed E-state index contributed by atoms with van der Waals surface area (Å²) < 4.78 is 27.3. The van der Waals surface area contributed by atoms with Gasteiger partial charge in [0.25, 0.3) is 0 Å². The van der Waals surface area contributed by atoms with Crippen LogP contribution in [0, 0.1) is 23.0 Å². The summed E-state index contributed by atoms with van der Waals surface area (Å²) in [6, 6.07) is 5.26. The lowest BCUT2D eigenvalue weighted by Crippen LogP contribution is -1.93. The second kappa shape index (κ2) is 5.99. The van der Waals surface area contributed by atoms with E-state index in [0.717, 1.165) is 23.5 Å². The van der Waals surface area contributed by atoms with Crippen LogP contribution < -0.4 is 0 Å². The molecular formula is C13H7ClF2N2OS. The van der Waals surface area contributed by atoms with E-state index in [2.05, 4.69) is 4.98 Å². The molecule has 102 valence electrons. The second-order valence-electron chi connectivity index (χ2n) is 3.70. The molecule has 1 N–H and O–H groups in total. The maximum absolute atomic E-state index is 13.6. The maximum atomic E-state index is 13.6. The molecule has 0 aliphatic heterocycles. The molecule has 2 rings (SSSR count). The summed E-state index contributed by atoms with van der Waals surface area (Å²) in [5.74, 6) is -2.06. The number of thiazole rings is 1. The standard InChI is InChI=1S/C13H7ClF2N2OS/c14-4-11(19)7(5-17)13-18-10(6-20-13)12-8(15)2-1-3-9(12)16/h1-3,6,19H,4H2. The third-order valence-corrected chi connectivity index (χ3v) is 3.58. The molecule has 1 aromatic carbocycles. The molecule has 1 aromatic heterocycles. The number of rotatable bonds is 3. The molecule has 1 heterocycles. The average Bonchev–Trinajstić information content (AvgIpc) is 2.88.